The summed E-state index contributed by atoms with van der Waals surface area (Å²) in [5.41, 5.74) is 3.34. The van der Waals surface area contributed by atoms with Gasteiger partial charge in [0.05, 0.1) is 17.5 Å². The molecule has 2 N–H and O–H groups in total. The van der Waals surface area contributed by atoms with Crippen LogP contribution in [0.5, 0.6) is 0 Å². The molecule has 1 fully saturated rings. The van der Waals surface area contributed by atoms with Crippen LogP contribution in [0, 0.1) is 0 Å². The molecule has 0 radical (unpaired) electrons. The number of hydrogen-bond donors (Lipinski definition) is 2. The molecule has 0 saturated carbocycles. The number of ether oxygens (including phenoxy) is 1. The summed E-state index contributed by atoms with van der Waals surface area (Å²) in [5, 5.41) is 2.53. The van der Waals surface area contributed by atoms with E-state index in [9.17, 15) is 13.2 Å². The Morgan fingerprint density at radius 2 is 1.81 bits per heavy atom. The van der Waals surface area contributed by atoms with Gasteiger partial charge in [-0.3, -0.25) is 4.79 Å². The van der Waals surface area contributed by atoms with Crippen molar-refractivity contribution in [3.8, 4) is 0 Å². The van der Waals surface area contributed by atoms with Crippen LogP contribution in [-0.2, 0) is 19.6 Å². The zero-order valence-electron chi connectivity index (χ0n) is 20.0. The summed E-state index contributed by atoms with van der Waals surface area (Å²) in [4.78, 5) is 14.5. The van der Waals surface area contributed by atoms with E-state index in [1.165, 1.54) is 0 Å². The van der Waals surface area contributed by atoms with E-state index in [2.05, 4.69) is 42.3 Å². The summed E-state index contributed by atoms with van der Waals surface area (Å²) in [7, 11) is -3.24. The number of amides is 1. The highest BCUT2D eigenvalue weighted by Gasteiger charge is 2.24. The van der Waals surface area contributed by atoms with Crippen LogP contribution in [-0.4, -0.2) is 62.9 Å². The quantitative estimate of drug-likeness (QED) is 0.349. The van der Waals surface area contributed by atoms with Crippen LogP contribution in [0.1, 0.15) is 60.8 Å². The van der Waals surface area contributed by atoms with E-state index >= 15 is 0 Å². The molecule has 0 aliphatic carbocycles. The fourth-order valence-corrected chi connectivity index (χ4v) is 4.18. The molecule has 1 rings (SSSR count). The number of unbranched alkanes of at least 4 members (excludes halogenated alkanes) is 1. The zero-order valence-corrected chi connectivity index (χ0v) is 20.8. The lowest BCUT2D eigenvalue weighted by Gasteiger charge is -2.38. The fraction of sp³-hybridized carbons (Fsp3) is 0.696. The molecular formula is C23H41N3O4S. The van der Waals surface area contributed by atoms with Crippen LogP contribution in [0.15, 0.2) is 35.6 Å². The highest BCUT2D eigenvalue weighted by Crippen LogP contribution is 2.23. The minimum Gasteiger partial charge on any atom is -0.372 e. The first-order valence-corrected chi connectivity index (χ1v) is 12.7. The Morgan fingerprint density at radius 3 is 2.35 bits per heavy atom. The van der Waals surface area contributed by atoms with Crippen LogP contribution in [0.25, 0.3) is 0 Å². The molecule has 0 bridgehead atoms. The third-order valence-electron chi connectivity index (χ3n) is 5.37. The maximum absolute atomic E-state index is 12.2. The van der Waals surface area contributed by atoms with Gasteiger partial charge in [0.15, 0.2) is 0 Å². The lowest BCUT2D eigenvalue weighted by Crippen LogP contribution is -2.45. The SMILES string of the molecule is C=C/C=C(\C(C)=C(\C)CNC(=O)CCCCNS(=O)(=O)C(C)C)N1CC(C)OC(C)C1. The van der Waals surface area contributed by atoms with Crippen molar-refractivity contribution in [2.45, 2.75) is 78.3 Å². The molecule has 178 valence electrons. The molecule has 1 aliphatic rings. The normalized spacial score (nSPS) is 21.1. The lowest BCUT2D eigenvalue weighted by atomic mass is 10.0. The van der Waals surface area contributed by atoms with Crippen molar-refractivity contribution in [1.29, 1.82) is 0 Å². The molecule has 0 aromatic heterocycles. The van der Waals surface area contributed by atoms with Gasteiger partial charge in [-0.2, -0.15) is 0 Å². The molecule has 1 amide bonds. The third-order valence-corrected chi connectivity index (χ3v) is 7.21. The minimum absolute atomic E-state index is 0.0262. The highest BCUT2D eigenvalue weighted by molar-refractivity contribution is 7.90. The second-order valence-electron chi connectivity index (χ2n) is 8.58. The van der Waals surface area contributed by atoms with Crippen molar-refractivity contribution >= 4 is 15.9 Å². The standard InChI is InChI=1S/C23H41N3O4S/c1-8-11-22(26-15-19(5)30-20(6)16-26)21(7)18(4)14-24-23(27)12-9-10-13-25-31(28,29)17(2)3/h8,11,17,19-20,25H,1,9-10,12-16H2,2-7H3,(H,24,27)/b21-18-,22-11+. The van der Waals surface area contributed by atoms with Crippen molar-refractivity contribution in [2.75, 3.05) is 26.2 Å². The second kappa shape index (κ2) is 13.0. The molecule has 1 heterocycles. The molecular weight excluding hydrogens is 414 g/mol. The Hall–Kier alpha value is -1.64. The van der Waals surface area contributed by atoms with Gasteiger partial charge in [0.25, 0.3) is 0 Å². The van der Waals surface area contributed by atoms with Crippen LogP contribution >= 0.6 is 0 Å². The maximum atomic E-state index is 12.2. The van der Waals surface area contributed by atoms with Crippen molar-refractivity contribution in [1.82, 2.24) is 14.9 Å². The van der Waals surface area contributed by atoms with E-state index < -0.39 is 15.3 Å². The van der Waals surface area contributed by atoms with E-state index in [1.807, 2.05) is 13.0 Å². The molecule has 7 nitrogen and oxygen atoms in total. The van der Waals surface area contributed by atoms with E-state index in [4.69, 9.17) is 4.74 Å². The van der Waals surface area contributed by atoms with E-state index in [-0.39, 0.29) is 18.1 Å². The maximum Gasteiger partial charge on any atom is 0.220 e. The molecule has 31 heavy (non-hydrogen) atoms. The summed E-state index contributed by atoms with van der Waals surface area (Å²) < 4.78 is 31.8. The minimum atomic E-state index is -3.24. The summed E-state index contributed by atoms with van der Waals surface area (Å²) >= 11 is 0. The summed E-state index contributed by atoms with van der Waals surface area (Å²) in [6.07, 6.45) is 5.78. The first kappa shape index (κ1) is 27.4. The zero-order chi connectivity index (χ0) is 23.6. The number of carbonyl (C=O) groups is 1. The van der Waals surface area contributed by atoms with Crippen molar-refractivity contribution < 1.29 is 17.9 Å². The predicted molar refractivity (Wildman–Crippen MR) is 127 cm³/mol. The first-order valence-electron chi connectivity index (χ1n) is 11.1. The lowest BCUT2D eigenvalue weighted by molar-refractivity contribution is -0.121. The van der Waals surface area contributed by atoms with Gasteiger partial charge in [0, 0.05) is 38.3 Å². The summed E-state index contributed by atoms with van der Waals surface area (Å²) in [6, 6.07) is 0. The number of nitrogens with zero attached hydrogens (tertiary/aromatic N) is 1. The Kier molecular flexibility index (Phi) is 11.5. The topological polar surface area (TPSA) is 87.7 Å². The monoisotopic (exact) mass is 455 g/mol. The molecule has 1 aliphatic heterocycles. The van der Waals surface area contributed by atoms with Crippen LogP contribution in [0.3, 0.4) is 0 Å². The largest absolute Gasteiger partial charge is 0.372 e. The number of morpholine rings is 1. The molecule has 2 atom stereocenters. The van der Waals surface area contributed by atoms with Crippen LogP contribution in [0.4, 0.5) is 0 Å². The summed E-state index contributed by atoms with van der Waals surface area (Å²) in [5.74, 6) is -0.0262. The van der Waals surface area contributed by atoms with Crippen molar-refractivity contribution in [3.05, 3.63) is 35.6 Å². The first-order chi connectivity index (χ1) is 14.5. The van der Waals surface area contributed by atoms with Crippen molar-refractivity contribution in [3.63, 3.8) is 0 Å². The van der Waals surface area contributed by atoms with Gasteiger partial charge in [-0.15, -0.1) is 0 Å². The van der Waals surface area contributed by atoms with Crippen LogP contribution in [0.2, 0.25) is 0 Å². The van der Waals surface area contributed by atoms with Crippen LogP contribution < -0.4 is 10.0 Å². The molecule has 1 saturated heterocycles. The Balaban J connectivity index is 2.54. The molecule has 0 aromatic rings. The van der Waals surface area contributed by atoms with Gasteiger partial charge in [0.1, 0.15) is 0 Å². The fourth-order valence-electron chi connectivity index (χ4n) is 3.42. The molecule has 2 unspecified atom stereocenters. The van der Waals surface area contributed by atoms with Gasteiger partial charge in [0.2, 0.25) is 15.9 Å². The number of rotatable bonds is 12. The number of hydrogen-bond acceptors (Lipinski definition) is 5. The number of allylic oxidation sites excluding steroid dienone is 3. The number of carbonyl (C=O) groups excluding carboxylic acids is 1. The average molecular weight is 456 g/mol. The molecule has 0 aromatic carbocycles. The van der Waals surface area contributed by atoms with E-state index in [1.54, 1.807) is 19.9 Å². The Labute approximate surface area is 189 Å². The molecule has 0 spiro atoms. The van der Waals surface area contributed by atoms with E-state index in [0.29, 0.717) is 32.4 Å². The Morgan fingerprint density at radius 1 is 1.19 bits per heavy atom. The molecule has 8 heteroatoms. The number of nitrogens with one attached hydrogen (secondary N) is 2. The van der Waals surface area contributed by atoms with Gasteiger partial charge >= 0.3 is 0 Å². The van der Waals surface area contributed by atoms with Gasteiger partial charge < -0.3 is 15.0 Å². The van der Waals surface area contributed by atoms with Gasteiger partial charge in [-0.05, 0) is 71.6 Å². The van der Waals surface area contributed by atoms with Gasteiger partial charge in [-0.25, -0.2) is 13.1 Å². The third kappa shape index (κ3) is 9.58. The summed E-state index contributed by atoms with van der Waals surface area (Å²) in [6.45, 7) is 17.9. The average Bonchev–Trinajstić information content (AvgIpc) is 2.68. The van der Waals surface area contributed by atoms with Crippen molar-refractivity contribution in [2.24, 2.45) is 0 Å². The van der Waals surface area contributed by atoms with E-state index in [0.717, 1.165) is 29.9 Å². The van der Waals surface area contributed by atoms with Gasteiger partial charge in [-0.1, -0.05) is 12.7 Å². The number of sulfonamides is 1. The second-order valence-corrected chi connectivity index (χ2v) is 10.9. The predicted octanol–water partition coefficient (Wildman–Crippen LogP) is 3.12. The Bertz CT molecular complexity index is 762. The smallest absolute Gasteiger partial charge is 0.220 e. The highest BCUT2D eigenvalue weighted by atomic mass is 32.2.